The fourth-order valence-electron chi connectivity index (χ4n) is 1.19. The topological polar surface area (TPSA) is 55.4 Å². The van der Waals surface area contributed by atoms with E-state index in [0.717, 1.165) is 12.8 Å². The Morgan fingerprint density at radius 2 is 1.76 bits per heavy atom. The minimum absolute atomic E-state index is 0.0241. The van der Waals surface area contributed by atoms with E-state index in [2.05, 4.69) is 5.32 Å². The molecule has 0 bridgehead atoms. The van der Waals surface area contributed by atoms with Crippen LogP contribution < -0.4 is 5.32 Å². The summed E-state index contributed by atoms with van der Waals surface area (Å²) in [7, 11) is 0. The minimum atomic E-state index is 0.0241. The molecule has 0 aliphatic carbocycles. The fraction of sp³-hybridized carbons (Fsp3) is 0.846. The number of carbonyl (C=O) groups excluding carboxylic acids is 2. The van der Waals surface area contributed by atoms with Gasteiger partial charge in [-0.3, -0.25) is 9.59 Å². The maximum atomic E-state index is 11.3. The van der Waals surface area contributed by atoms with Crippen molar-refractivity contribution in [2.24, 2.45) is 5.92 Å². The van der Waals surface area contributed by atoms with E-state index in [4.69, 9.17) is 4.74 Å². The smallest absolute Gasteiger partial charge is 0.222 e. The maximum Gasteiger partial charge on any atom is 0.222 e. The average molecular weight is 243 g/mol. The third kappa shape index (κ3) is 10.00. The van der Waals surface area contributed by atoms with Crippen molar-refractivity contribution >= 4 is 11.7 Å². The summed E-state index contributed by atoms with van der Waals surface area (Å²) in [4.78, 5) is 22.6. The predicted octanol–water partition coefficient (Wildman–Crippen LogP) is 1.92. The van der Waals surface area contributed by atoms with Gasteiger partial charge in [-0.1, -0.05) is 13.8 Å². The minimum Gasteiger partial charge on any atom is -0.371 e. The highest BCUT2D eigenvalue weighted by atomic mass is 16.5. The molecule has 0 aromatic heterocycles. The van der Waals surface area contributed by atoms with Gasteiger partial charge in [0.05, 0.1) is 6.10 Å². The Bertz CT molecular complexity index is 237. The van der Waals surface area contributed by atoms with Crippen LogP contribution in [0.2, 0.25) is 0 Å². The lowest BCUT2D eigenvalue weighted by Crippen LogP contribution is -2.28. The van der Waals surface area contributed by atoms with Gasteiger partial charge in [-0.2, -0.15) is 0 Å². The molecule has 0 fully saturated rings. The molecule has 0 spiro atoms. The number of hydrogen-bond acceptors (Lipinski definition) is 3. The van der Waals surface area contributed by atoms with Crippen molar-refractivity contribution in [3.63, 3.8) is 0 Å². The fourth-order valence-corrected chi connectivity index (χ4v) is 1.19. The molecule has 100 valence electrons. The van der Waals surface area contributed by atoms with Crippen LogP contribution in [0.25, 0.3) is 0 Å². The van der Waals surface area contributed by atoms with Gasteiger partial charge in [-0.15, -0.1) is 0 Å². The maximum absolute atomic E-state index is 11.3. The van der Waals surface area contributed by atoms with Gasteiger partial charge in [0.25, 0.3) is 0 Å². The van der Waals surface area contributed by atoms with Crippen molar-refractivity contribution in [2.75, 3.05) is 13.2 Å². The molecule has 0 radical (unpaired) electrons. The Hall–Kier alpha value is -0.900. The van der Waals surface area contributed by atoms with Crippen molar-refractivity contribution in [3.8, 4) is 0 Å². The van der Waals surface area contributed by atoms with Crippen LogP contribution in [0.4, 0.5) is 0 Å². The Balaban J connectivity index is 3.39. The van der Waals surface area contributed by atoms with Crippen LogP contribution >= 0.6 is 0 Å². The van der Waals surface area contributed by atoms with Crippen LogP contribution in [-0.2, 0) is 14.3 Å². The van der Waals surface area contributed by atoms with E-state index in [1.165, 1.54) is 0 Å². The first kappa shape index (κ1) is 16.1. The molecule has 0 saturated heterocycles. The predicted molar refractivity (Wildman–Crippen MR) is 67.8 cm³/mol. The number of carbonyl (C=O) groups is 2. The molecule has 0 aliphatic heterocycles. The second kappa shape index (κ2) is 9.16. The standard InChI is InChI=1S/C13H25NO3/c1-10(2)13(16)14-8-6-5-7-12(15)9-17-11(3)4/h10-11H,5-9H2,1-4H3,(H,14,16). The molecule has 0 saturated carbocycles. The number of ether oxygens (including phenoxy) is 1. The van der Waals surface area contributed by atoms with Gasteiger partial charge in [0, 0.05) is 18.9 Å². The molecular formula is C13H25NO3. The molecular weight excluding hydrogens is 218 g/mol. The van der Waals surface area contributed by atoms with E-state index in [1.807, 2.05) is 27.7 Å². The van der Waals surface area contributed by atoms with Gasteiger partial charge in [0.2, 0.25) is 5.91 Å². The monoisotopic (exact) mass is 243 g/mol. The third-order valence-electron chi connectivity index (χ3n) is 2.28. The van der Waals surface area contributed by atoms with Crippen LogP contribution in [0.15, 0.2) is 0 Å². The summed E-state index contributed by atoms with van der Waals surface area (Å²) >= 11 is 0. The molecule has 0 aromatic carbocycles. The first-order valence-corrected chi connectivity index (χ1v) is 6.34. The van der Waals surface area contributed by atoms with Crippen molar-refractivity contribution in [1.82, 2.24) is 5.32 Å². The van der Waals surface area contributed by atoms with Crippen LogP contribution in [0.5, 0.6) is 0 Å². The highest BCUT2D eigenvalue weighted by Crippen LogP contribution is 1.98. The Labute approximate surface area is 104 Å². The van der Waals surface area contributed by atoms with Gasteiger partial charge < -0.3 is 10.1 Å². The zero-order valence-electron chi connectivity index (χ0n) is 11.4. The first-order chi connectivity index (χ1) is 7.93. The zero-order valence-corrected chi connectivity index (χ0v) is 11.4. The highest BCUT2D eigenvalue weighted by Gasteiger charge is 2.06. The normalized spacial score (nSPS) is 10.9. The summed E-state index contributed by atoms with van der Waals surface area (Å²) in [5, 5.41) is 2.82. The lowest BCUT2D eigenvalue weighted by atomic mass is 10.1. The quantitative estimate of drug-likeness (QED) is 0.629. The Morgan fingerprint density at radius 1 is 1.12 bits per heavy atom. The SMILES string of the molecule is CC(C)OCC(=O)CCCCNC(=O)C(C)C. The number of nitrogens with one attached hydrogen (secondary N) is 1. The van der Waals surface area contributed by atoms with Crippen LogP contribution in [0.3, 0.4) is 0 Å². The number of hydrogen-bond donors (Lipinski definition) is 1. The largest absolute Gasteiger partial charge is 0.371 e. The number of unbranched alkanes of at least 4 members (excludes halogenated alkanes) is 1. The molecule has 0 rings (SSSR count). The van der Waals surface area contributed by atoms with Crippen LogP contribution in [0, 0.1) is 5.92 Å². The molecule has 0 atom stereocenters. The summed E-state index contributed by atoms with van der Waals surface area (Å²) in [6, 6.07) is 0. The summed E-state index contributed by atoms with van der Waals surface area (Å²) in [5.74, 6) is 0.226. The molecule has 1 amide bonds. The van der Waals surface area contributed by atoms with Gasteiger partial charge >= 0.3 is 0 Å². The molecule has 0 aliphatic rings. The van der Waals surface area contributed by atoms with E-state index in [0.29, 0.717) is 13.0 Å². The van der Waals surface area contributed by atoms with Gasteiger partial charge in [0.15, 0.2) is 5.78 Å². The van der Waals surface area contributed by atoms with Crippen molar-refractivity contribution in [3.05, 3.63) is 0 Å². The highest BCUT2D eigenvalue weighted by molar-refractivity contribution is 5.79. The molecule has 0 heterocycles. The van der Waals surface area contributed by atoms with Gasteiger partial charge in [-0.05, 0) is 26.7 Å². The number of Topliss-reactive ketones (excluding diaryl/α,β-unsaturated/α-hetero) is 1. The molecule has 17 heavy (non-hydrogen) atoms. The van der Waals surface area contributed by atoms with Crippen molar-refractivity contribution < 1.29 is 14.3 Å². The lowest BCUT2D eigenvalue weighted by molar-refractivity contribution is -0.125. The second-order valence-corrected chi connectivity index (χ2v) is 4.80. The van der Waals surface area contributed by atoms with Crippen molar-refractivity contribution in [2.45, 2.75) is 53.1 Å². The molecule has 0 unspecified atom stereocenters. The Kier molecular flexibility index (Phi) is 8.68. The molecule has 0 aromatic rings. The summed E-state index contributed by atoms with van der Waals surface area (Å²) in [5.41, 5.74) is 0. The van der Waals surface area contributed by atoms with Crippen molar-refractivity contribution in [1.29, 1.82) is 0 Å². The summed E-state index contributed by atoms with van der Waals surface area (Å²) in [6.07, 6.45) is 2.28. The summed E-state index contributed by atoms with van der Waals surface area (Å²) in [6.45, 7) is 8.40. The third-order valence-corrected chi connectivity index (χ3v) is 2.28. The van der Waals surface area contributed by atoms with E-state index < -0.39 is 0 Å². The van der Waals surface area contributed by atoms with E-state index in [9.17, 15) is 9.59 Å². The van der Waals surface area contributed by atoms with E-state index in [-0.39, 0.29) is 30.3 Å². The number of ketones is 1. The zero-order chi connectivity index (χ0) is 13.3. The average Bonchev–Trinajstić information content (AvgIpc) is 2.25. The molecule has 1 N–H and O–H groups in total. The van der Waals surface area contributed by atoms with Gasteiger partial charge in [-0.25, -0.2) is 0 Å². The Morgan fingerprint density at radius 3 is 2.29 bits per heavy atom. The summed E-state index contributed by atoms with van der Waals surface area (Å²) < 4.78 is 5.21. The number of rotatable bonds is 9. The van der Waals surface area contributed by atoms with Crippen LogP contribution in [-0.4, -0.2) is 30.9 Å². The van der Waals surface area contributed by atoms with E-state index in [1.54, 1.807) is 0 Å². The molecule has 4 nitrogen and oxygen atoms in total. The van der Waals surface area contributed by atoms with Gasteiger partial charge in [0.1, 0.15) is 6.61 Å². The molecule has 4 heteroatoms. The van der Waals surface area contributed by atoms with E-state index >= 15 is 0 Å². The van der Waals surface area contributed by atoms with Crippen LogP contribution in [0.1, 0.15) is 47.0 Å². The lowest BCUT2D eigenvalue weighted by Gasteiger charge is -2.08. The first-order valence-electron chi connectivity index (χ1n) is 6.34. The number of amides is 1. The second-order valence-electron chi connectivity index (χ2n) is 4.80.